The molecule has 2 aliphatic heterocycles. The van der Waals surface area contributed by atoms with Crippen molar-refractivity contribution in [3.8, 4) is 11.5 Å². The molecule has 1 unspecified atom stereocenters. The Kier molecular flexibility index (Phi) is 3.82. The van der Waals surface area contributed by atoms with Crippen LogP contribution in [0.4, 0.5) is 5.69 Å². The van der Waals surface area contributed by atoms with E-state index in [1.165, 1.54) is 18.7 Å². The molecule has 0 spiro atoms. The van der Waals surface area contributed by atoms with E-state index in [4.69, 9.17) is 15.2 Å². The molecule has 0 aliphatic carbocycles. The van der Waals surface area contributed by atoms with Crippen LogP contribution in [-0.2, 0) is 14.4 Å². The molecule has 128 valence electrons. The fraction of sp³-hybridized carbons (Fsp3) is 0.438. The molecule has 2 aliphatic rings. The minimum atomic E-state index is -1.16. The molecule has 8 heteroatoms. The maximum absolute atomic E-state index is 12.3. The number of anilines is 1. The maximum atomic E-state index is 12.3. The average Bonchev–Trinajstić information content (AvgIpc) is 3.11. The molecule has 1 aromatic rings. The second kappa shape index (κ2) is 5.70. The van der Waals surface area contributed by atoms with Gasteiger partial charge < -0.3 is 25.4 Å². The van der Waals surface area contributed by atoms with Crippen LogP contribution >= 0.6 is 0 Å². The van der Waals surface area contributed by atoms with E-state index in [9.17, 15) is 14.4 Å². The number of fused-ring (bicyclic) bond motifs is 1. The number of primary amides is 1. The SMILES string of the molecule is CC(C)(NC(=O)C1CC(=O)N(c2ccc3c(c2)OCO3)C1)C(N)=O. The highest BCUT2D eigenvalue weighted by Crippen LogP contribution is 2.37. The maximum Gasteiger partial charge on any atom is 0.242 e. The second-order valence-electron chi connectivity index (χ2n) is 6.42. The van der Waals surface area contributed by atoms with E-state index in [1.807, 2.05) is 0 Å². The summed E-state index contributed by atoms with van der Waals surface area (Å²) in [6.07, 6.45) is 0.0785. The zero-order valence-corrected chi connectivity index (χ0v) is 13.5. The van der Waals surface area contributed by atoms with E-state index in [-0.39, 0.29) is 31.6 Å². The summed E-state index contributed by atoms with van der Waals surface area (Å²) in [5, 5.41) is 2.59. The lowest BCUT2D eigenvalue weighted by Gasteiger charge is -2.24. The molecule has 1 atom stereocenters. The third-order valence-corrected chi connectivity index (χ3v) is 4.22. The number of nitrogens with one attached hydrogen (secondary N) is 1. The largest absolute Gasteiger partial charge is 0.454 e. The van der Waals surface area contributed by atoms with Crippen molar-refractivity contribution >= 4 is 23.4 Å². The van der Waals surface area contributed by atoms with E-state index < -0.39 is 17.4 Å². The van der Waals surface area contributed by atoms with Gasteiger partial charge >= 0.3 is 0 Å². The van der Waals surface area contributed by atoms with Crippen LogP contribution in [-0.4, -0.2) is 36.6 Å². The lowest BCUT2D eigenvalue weighted by atomic mass is 10.0. The van der Waals surface area contributed by atoms with Gasteiger partial charge in [0, 0.05) is 24.7 Å². The molecule has 0 bridgehead atoms. The Morgan fingerprint density at radius 3 is 2.71 bits per heavy atom. The molecule has 2 heterocycles. The van der Waals surface area contributed by atoms with Gasteiger partial charge in [0.25, 0.3) is 0 Å². The highest BCUT2D eigenvalue weighted by Gasteiger charge is 2.38. The first-order valence-corrected chi connectivity index (χ1v) is 7.60. The van der Waals surface area contributed by atoms with E-state index >= 15 is 0 Å². The Hall–Kier alpha value is -2.77. The zero-order valence-electron chi connectivity index (χ0n) is 13.5. The zero-order chi connectivity index (χ0) is 17.5. The van der Waals surface area contributed by atoms with Crippen LogP contribution < -0.4 is 25.4 Å². The summed E-state index contributed by atoms with van der Waals surface area (Å²) in [6.45, 7) is 3.44. The van der Waals surface area contributed by atoms with E-state index in [0.29, 0.717) is 17.2 Å². The first kappa shape index (κ1) is 16.1. The van der Waals surface area contributed by atoms with Crippen molar-refractivity contribution in [2.24, 2.45) is 11.7 Å². The molecule has 24 heavy (non-hydrogen) atoms. The summed E-state index contributed by atoms with van der Waals surface area (Å²) in [5.74, 6) is -0.499. The van der Waals surface area contributed by atoms with Crippen molar-refractivity contribution in [1.29, 1.82) is 0 Å². The monoisotopic (exact) mass is 333 g/mol. The highest BCUT2D eigenvalue weighted by molar-refractivity contribution is 6.01. The van der Waals surface area contributed by atoms with Crippen LogP contribution in [0, 0.1) is 5.92 Å². The van der Waals surface area contributed by atoms with Crippen molar-refractivity contribution in [2.45, 2.75) is 25.8 Å². The Labute approximate surface area is 138 Å². The molecular weight excluding hydrogens is 314 g/mol. The van der Waals surface area contributed by atoms with Crippen LogP contribution in [0.2, 0.25) is 0 Å². The number of rotatable bonds is 4. The minimum Gasteiger partial charge on any atom is -0.454 e. The van der Waals surface area contributed by atoms with Crippen molar-refractivity contribution < 1.29 is 23.9 Å². The third kappa shape index (κ3) is 2.86. The van der Waals surface area contributed by atoms with Crippen LogP contribution in [0.25, 0.3) is 0 Å². The van der Waals surface area contributed by atoms with Gasteiger partial charge in [-0.25, -0.2) is 0 Å². The van der Waals surface area contributed by atoms with Crippen LogP contribution in [0.1, 0.15) is 20.3 Å². The lowest BCUT2D eigenvalue weighted by Crippen LogP contribution is -2.54. The molecule has 3 amide bonds. The smallest absolute Gasteiger partial charge is 0.242 e. The quantitative estimate of drug-likeness (QED) is 0.815. The summed E-state index contributed by atoms with van der Waals surface area (Å²) in [6, 6.07) is 5.20. The van der Waals surface area contributed by atoms with Crippen LogP contribution in [0.5, 0.6) is 11.5 Å². The number of hydrogen-bond donors (Lipinski definition) is 2. The third-order valence-electron chi connectivity index (χ3n) is 4.22. The molecule has 0 saturated carbocycles. The summed E-state index contributed by atoms with van der Waals surface area (Å²) >= 11 is 0. The average molecular weight is 333 g/mol. The van der Waals surface area contributed by atoms with Gasteiger partial charge in [0.15, 0.2) is 11.5 Å². The summed E-state index contributed by atoms with van der Waals surface area (Å²) in [7, 11) is 0. The fourth-order valence-electron chi connectivity index (χ4n) is 2.66. The van der Waals surface area contributed by atoms with E-state index in [2.05, 4.69) is 5.32 Å². The number of nitrogens with two attached hydrogens (primary N) is 1. The number of amides is 3. The Balaban J connectivity index is 1.72. The Bertz CT molecular complexity index is 716. The first-order chi connectivity index (χ1) is 11.3. The van der Waals surface area contributed by atoms with Gasteiger partial charge in [0.05, 0.1) is 5.92 Å². The first-order valence-electron chi connectivity index (χ1n) is 7.60. The van der Waals surface area contributed by atoms with Gasteiger partial charge in [-0.1, -0.05) is 0 Å². The van der Waals surface area contributed by atoms with Crippen molar-refractivity contribution in [1.82, 2.24) is 5.32 Å². The van der Waals surface area contributed by atoms with Gasteiger partial charge in [-0.05, 0) is 26.0 Å². The van der Waals surface area contributed by atoms with Gasteiger partial charge in [-0.3, -0.25) is 14.4 Å². The summed E-state index contributed by atoms with van der Waals surface area (Å²) in [5.41, 5.74) is 4.74. The molecule has 1 saturated heterocycles. The molecule has 3 rings (SSSR count). The molecule has 0 aromatic heterocycles. The van der Waals surface area contributed by atoms with Gasteiger partial charge in [0.2, 0.25) is 24.5 Å². The van der Waals surface area contributed by atoms with Crippen LogP contribution in [0.3, 0.4) is 0 Å². The lowest BCUT2D eigenvalue weighted by molar-refractivity contribution is -0.132. The predicted molar refractivity (Wildman–Crippen MR) is 84.4 cm³/mol. The number of carbonyl (C=O) groups is 3. The predicted octanol–water partition coefficient (Wildman–Crippen LogP) is 0.148. The number of benzene rings is 1. The molecule has 1 fully saturated rings. The Morgan fingerprint density at radius 1 is 1.29 bits per heavy atom. The van der Waals surface area contributed by atoms with E-state index in [0.717, 1.165) is 0 Å². The number of ether oxygens (including phenoxy) is 2. The van der Waals surface area contributed by atoms with Crippen molar-refractivity contribution in [3.63, 3.8) is 0 Å². The second-order valence-corrected chi connectivity index (χ2v) is 6.42. The Morgan fingerprint density at radius 2 is 2.00 bits per heavy atom. The summed E-state index contributed by atoms with van der Waals surface area (Å²) < 4.78 is 10.6. The standard InChI is InChI=1S/C16H19N3O5/c1-16(2,15(17)22)18-14(21)9-5-13(20)19(7-9)10-3-4-11-12(6-10)24-8-23-11/h3-4,6,9H,5,7-8H2,1-2H3,(H2,17,22)(H,18,21). The summed E-state index contributed by atoms with van der Waals surface area (Å²) in [4.78, 5) is 37.5. The van der Waals surface area contributed by atoms with Crippen molar-refractivity contribution in [3.05, 3.63) is 18.2 Å². The van der Waals surface area contributed by atoms with Gasteiger partial charge in [-0.2, -0.15) is 0 Å². The molecule has 0 radical (unpaired) electrons. The molecule has 1 aromatic carbocycles. The number of nitrogens with zero attached hydrogens (tertiary/aromatic N) is 1. The normalized spacial score (nSPS) is 19.5. The fourth-order valence-corrected chi connectivity index (χ4v) is 2.66. The minimum absolute atomic E-state index is 0.0785. The van der Waals surface area contributed by atoms with Gasteiger partial charge in [-0.15, -0.1) is 0 Å². The number of carbonyl (C=O) groups excluding carboxylic acids is 3. The van der Waals surface area contributed by atoms with Crippen LogP contribution in [0.15, 0.2) is 18.2 Å². The number of hydrogen-bond acceptors (Lipinski definition) is 5. The van der Waals surface area contributed by atoms with E-state index in [1.54, 1.807) is 18.2 Å². The topological polar surface area (TPSA) is 111 Å². The van der Waals surface area contributed by atoms with Crippen molar-refractivity contribution in [2.75, 3.05) is 18.2 Å². The molecule has 3 N–H and O–H groups in total. The molecule has 8 nitrogen and oxygen atoms in total. The highest BCUT2D eigenvalue weighted by atomic mass is 16.7. The molecular formula is C16H19N3O5. The van der Waals surface area contributed by atoms with Gasteiger partial charge in [0.1, 0.15) is 5.54 Å².